The van der Waals surface area contributed by atoms with Gasteiger partial charge in [-0.3, -0.25) is 4.99 Å². The van der Waals surface area contributed by atoms with Gasteiger partial charge < -0.3 is 10.6 Å². The summed E-state index contributed by atoms with van der Waals surface area (Å²) in [6.45, 7) is 10.3. The highest BCUT2D eigenvalue weighted by atomic mass is 15.2. The maximum atomic E-state index is 6.09. The van der Waals surface area contributed by atoms with Gasteiger partial charge in [0.2, 0.25) is 0 Å². The van der Waals surface area contributed by atoms with E-state index < -0.39 is 0 Å². The molecule has 0 aliphatic heterocycles. The van der Waals surface area contributed by atoms with Gasteiger partial charge in [0.1, 0.15) is 12.1 Å². The Morgan fingerprint density at radius 1 is 1.00 bits per heavy atom. The first kappa shape index (κ1) is 29.1. The number of aryl methyl sites for hydroxylation is 2. The average Bonchev–Trinajstić information content (AvgIpc) is 3.02. The number of aliphatic imine (C=N–C) groups is 1. The maximum absolute atomic E-state index is 6.09. The second-order valence-corrected chi connectivity index (χ2v) is 13.9. The second-order valence-electron chi connectivity index (χ2n) is 13.9. The van der Waals surface area contributed by atoms with Gasteiger partial charge in [-0.25, -0.2) is 9.97 Å². The van der Waals surface area contributed by atoms with Crippen LogP contribution in [0.2, 0.25) is 0 Å². The van der Waals surface area contributed by atoms with Crippen molar-refractivity contribution in [3.05, 3.63) is 71.5 Å². The highest BCUT2D eigenvalue weighted by Crippen LogP contribution is 2.58. The van der Waals surface area contributed by atoms with E-state index in [1.54, 1.807) is 18.1 Å². The van der Waals surface area contributed by atoms with Crippen molar-refractivity contribution >= 4 is 17.6 Å². The van der Waals surface area contributed by atoms with E-state index in [4.69, 9.17) is 22.3 Å². The lowest BCUT2D eigenvalue weighted by Gasteiger charge is -2.55. The van der Waals surface area contributed by atoms with Gasteiger partial charge in [-0.2, -0.15) is 0 Å². The van der Waals surface area contributed by atoms with E-state index in [2.05, 4.69) is 48.0 Å². The molecule has 5 saturated carbocycles. The third kappa shape index (κ3) is 5.81. The molecule has 5 fully saturated rings. The van der Waals surface area contributed by atoms with Crippen LogP contribution in [0.3, 0.4) is 0 Å². The van der Waals surface area contributed by atoms with Crippen LogP contribution in [0.25, 0.3) is 5.57 Å². The van der Waals surface area contributed by atoms with Gasteiger partial charge in [0.05, 0.1) is 5.69 Å². The summed E-state index contributed by atoms with van der Waals surface area (Å²) in [6.07, 6.45) is 24.1. The average molecular weight is 566 g/mol. The van der Waals surface area contributed by atoms with E-state index in [0.29, 0.717) is 22.8 Å². The van der Waals surface area contributed by atoms with E-state index in [1.807, 2.05) is 6.21 Å². The van der Waals surface area contributed by atoms with Gasteiger partial charge in [-0.1, -0.05) is 51.0 Å². The van der Waals surface area contributed by atoms with Crippen molar-refractivity contribution in [2.75, 3.05) is 11.4 Å². The summed E-state index contributed by atoms with van der Waals surface area (Å²) in [5.74, 6) is 1.50. The number of nitrogens with zero attached hydrogens (tertiary/aromatic N) is 4. The monoisotopic (exact) mass is 565 g/mol. The molecule has 1 aromatic carbocycles. The quantitative estimate of drug-likeness (QED) is 0.293. The summed E-state index contributed by atoms with van der Waals surface area (Å²) in [5.41, 5.74) is 14.3. The molecular weight excluding hydrogens is 514 g/mol. The molecule has 5 aliphatic rings. The molecule has 5 aliphatic carbocycles. The van der Waals surface area contributed by atoms with Gasteiger partial charge in [-0.05, 0) is 117 Å². The zero-order valence-electron chi connectivity index (χ0n) is 26.1. The van der Waals surface area contributed by atoms with Crippen LogP contribution in [0.15, 0.2) is 54.1 Å². The molecule has 224 valence electrons. The number of benzene rings is 1. The molecule has 0 saturated heterocycles. The normalized spacial score (nSPS) is 26.9. The Morgan fingerprint density at radius 3 is 2.36 bits per heavy atom. The number of fused-ring (bicyclic) bond motifs is 3. The molecule has 5 nitrogen and oxygen atoms in total. The third-order valence-corrected chi connectivity index (χ3v) is 11.6. The van der Waals surface area contributed by atoms with Crippen LogP contribution in [0.4, 0.5) is 5.82 Å². The predicted molar refractivity (Wildman–Crippen MR) is 176 cm³/mol. The SMILES string of the molecule is C=C(C1CCCCC1)N(CC12CCC(c3ccc(CC)c(C)c3)(CC1)CC2)c1cc(/C(C=NC2CCC2)=C/N)ncn1. The standard InChI is InChI=1S/C37H51N5/c1-4-29-13-14-32(21-27(29)2)37-18-15-36(16-19-37,17-20-37)25-42(28(3)30-9-6-5-7-10-30)35-22-34(40-26-41-35)31(23-38)24-39-33-11-8-12-33/h13-14,21-24,26,30,33H,3-12,15-20,25,38H2,1-2H3/b31-23+,39-24?. The predicted octanol–water partition coefficient (Wildman–Crippen LogP) is 8.46. The van der Waals surface area contributed by atoms with E-state index in [1.165, 1.54) is 107 Å². The number of nitrogens with two attached hydrogens (primary N) is 1. The smallest absolute Gasteiger partial charge is 0.136 e. The van der Waals surface area contributed by atoms with Crippen molar-refractivity contribution in [1.82, 2.24) is 9.97 Å². The maximum Gasteiger partial charge on any atom is 0.136 e. The fraction of sp³-hybridized carbons (Fsp3) is 0.595. The largest absolute Gasteiger partial charge is 0.404 e. The molecule has 1 heterocycles. The third-order valence-electron chi connectivity index (χ3n) is 11.6. The van der Waals surface area contributed by atoms with Crippen molar-refractivity contribution in [3.63, 3.8) is 0 Å². The minimum atomic E-state index is 0.307. The van der Waals surface area contributed by atoms with Crippen molar-refractivity contribution < 1.29 is 0 Å². The van der Waals surface area contributed by atoms with Crippen LogP contribution >= 0.6 is 0 Å². The minimum absolute atomic E-state index is 0.307. The lowest BCUT2D eigenvalue weighted by atomic mass is 9.51. The molecule has 5 heteroatoms. The molecule has 0 amide bonds. The van der Waals surface area contributed by atoms with Crippen LogP contribution in [0.5, 0.6) is 0 Å². The summed E-state index contributed by atoms with van der Waals surface area (Å²) < 4.78 is 0. The Labute approximate surface area is 253 Å². The van der Waals surface area contributed by atoms with Crippen molar-refractivity contribution in [1.29, 1.82) is 0 Å². The fourth-order valence-electron chi connectivity index (χ4n) is 8.25. The summed E-state index contributed by atoms with van der Waals surface area (Å²) in [4.78, 5) is 16.8. The molecule has 7 rings (SSSR count). The number of hydrogen-bond donors (Lipinski definition) is 1. The molecule has 2 bridgehead atoms. The fourth-order valence-corrected chi connectivity index (χ4v) is 8.25. The summed E-state index contributed by atoms with van der Waals surface area (Å²) in [7, 11) is 0. The molecule has 0 unspecified atom stereocenters. The van der Waals surface area contributed by atoms with Gasteiger partial charge in [0.15, 0.2) is 0 Å². The highest BCUT2D eigenvalue weighted by Gasteiger charge is 2.50. The van der Waals surface area contributed by atoms with Gasteiger partial charge in [-0.15, -0.1) is 0 Å². The summed E-state index contributed by atoms with van der Waals surface area (Å²) in [6, 6.07) is 9.90. The molecule has 42 heavy (non-hydrogen) atoms. The van der Waals surface area contributed by atoms with E-state index in [0.717, 1.165) is 30.1 Å². The Bertz CT molecular complexity index is 1300. The Morgan fingerprint density at radius 2 is 1.74 bits per heavy atom. The van der Waals surface area contributed by atoms with Crippen LogP contribution in [-0.2, 0) is 11.8 Å². The Balaban J connectivity index is 1.25. The molecule has 0 radical (unpaired) electrons. The first-order valence-electron chi connectivity index (χ1n) is 16.8. The lowest BCUT2D eigenvalue weighted by molar-refractivity contribution is 0.0459. The van der Waals surface area contributed by atoms with Crippen LogP contribution in [0.1, 0.15) is 119 Å². The van der Waals surface area contributed by atoms with Gasteiger partial charge >= 0.3 is 0 Å². The van der Waals surface area contributed by atoms with Crippen molar-refractivity contribution in [2.24, 2.45) is 22.1 Å². The molecular formula is C37H51N5. The van der Waals surface area contributed by atoms with Gasteiger partial charge in [0, 0.05) is 42.3 Å². The zero-order valence-corrected chi connectivity index (χ0v) is 26.1. The van der Waals surface area contributed by atoms with E-state index in [9.17, 15) is 0 Å². The molecule has 0 atom stereocenters. The number of aromatic nitrogens is 2. The van der Waals surface area contributed by atoms with Crippen molar-refractivity contribution in [2.45, 2.75) is 122 Å². The summed E-state index contributed by atoms with van der Waals surface area (Å²) >= 11 is 0. The number of rotatable bonds is 10. The molecule has 2 N–H and O–H groups in total. The van der Waals surface area contributed by atoms with Gasteiger partial charge in [0.25, 0.3) is 0 Å². The van der Waals surface area contributed by atoms with Crippen LogP contribution < -0.4 is 10.6 Å². The highest BCUT2D eigenvalue weighted by molar-refractivity contribution is 6.09. The lowest BCUT2D eigenvalue weighted by Crippen LogP contribution is -2.49. The van der Waals surface area contributed by atoms with Crippen molar-refractivity contribution in [3.8, 4) is 0 Å². The number of anilines is 1. The number of hydrogen-bond acceptors (Lipinski definition) is 5. The topological polar surface area (TPSA) is 67.4 Å². The minimum Gasteiger partial charge on any atom is -0.404 e. The zero-order chi connectivity index (χ0) is 29.2. The number of allylic oxidation sites excluding steroid dienone is 2. The van der Waals surface area contributed by atoms with Crippen LogP contribution in [-0.4, -0.2) is 28.8 Å². The summed E-state index contributed by atoms with van der Waals surface area (Å²) in [5, 5.41) is 0. The van der Waals surface area contributed by atoms with E-state index in [-0.39, 0.29) is 0 Å². The Kier molecular flexibility index (Phi) is 8.56. The first-order valence-corrected chi connectivity index (χ1v) is 16.8. The molecule has 1 aromatic heterocycles. The van der Waals surface area contributed by atoms with E-state index >= 15 is 0 Å². The molecule has 0 spiro atoms. The second kappa shape index (κ2) is 12.3. The van der Waals surface area contributed by atoms with Crippen LogP contribution in [0, 0.1) is 18.3 Å². The molecule has 2 aromatic rings. The Hall–Kier alpha value is -2.95. The first-order chi connectivity index (χ1) is 20.4.